The first-order valence-electron chi connectivity index (χ1n) is 7.47. The number of amides is 1. The molecule has 0 aliphatic rings. The van der Waals surface area contributed by atoms with Gasteiger partial charge in [-0.15, -0.1) is 0 Å². The van der Waals surface area contributed by atoms with Crippen LogP contribution >= 0.6 is 0 Å². The Morgan fingerprint density at radius 1 is 1.14 bits per heavy atom. The summed E-state index contributed by atoms with van der Waals surface area (Å²) in [6.45, 7) is 5.12. The van der Waals surface area contributed by atoms with Crippen molar-refractivity contribution in [1.29, 1.82) is 0 Å². The Bertz CT molecular complexity index is 532. The maximum Gasteiger partial charge on any atom is 0.224 e. The molecule has 0 bridgehead atoms. The fourth-order valence-electron chi connectivity index (χ4n) is 2.35. The van der Waals surface area contributed by atoms with Crippen LogP contribution in [0.4, 0.5) is 0 Å². The summed E-state index contributed by atoms with van der Waals surface area (Å²) >= 11 is 0. The molecule has 1 aromatic heterocycles. The molecule has 0 fully saturated rings. The van der Waals surface area contributed by atoms with Gasteiger partial charge in [0.2, 0.25) is 5.91 Å². The smallest absolute Gasteiger partial charge is 0.224 e. The predicted molar refractivity (Wildman–Crippen MR) is 83.9 cm³/mol. The molecule has 1 atom stereocenters. The molecule has 1 aromatic carbocycles. The van der Waals surface area contributed by atoms with Crippen molar-refractivity contribution in [2.75, 3.05) is 6.54 Å². The molecular formula is C18H23NO2. The Kier molecular flexibility index (Phi) is 5.61. The van der Waals surface area contributed by atoms with Crippen LogP contribution in [0.1, 0.15) is 25.0 Å². The largest absolute Gasteiger partial charge is 0.472 e. The molecule has 0 saturated carbocycles. The Hall–Kier alpha value is -2.03. The van der Waals surface area contributed by atoms with Crippen LogP contribution in [0.25, 0.3) is 0 Å². The summed E-state index contributed by atoms with van der Waals surface area (Å²) in [6.07, 6.45) is 4.58. The number of rotatable bonds is 7. The van der Waals surface area contributed by atoms with E-state index in [0.717, 1.165) is 12.0 Å². The lowest BCUT2D eigenvalue weighted by Crippen LogP contribution is -2.33. The van der Waals surface area contributed by atoms with Crippen LogP contribution in [0.15, 0.2) is 53.3 Å². The van der Waals surface area contributed by atoms with Crippen molar-refractivity contribution in [2.45, 2.75) is 26.7 Å². The van der Waals surface area contributed by atoms with Crippen molar-refractivity contribution in [1.82, 2.24) is 5.32 Å². The minimum absolute atomic E-state index is 0.0510. The van der Waals surface area contributed by atoms with Crippen LogP contribution in [0.2, 0.25) is 0 Å². The number of carbonyl (C=O) groups is 1. The zero-order chi connectivity index (χ0) is 15.1. The summed E-state index contributed by atoms with van der Waals surface area (Å²) in [5, 5.41) is 3.04. The monoisotopic (exact) mass is 285 g/mol. The van der Waals surface area contributed by atoms with Gasteiger partial charge in [-0.05, 0) is 35.4 Å². The average molecular weight is 285 g/mol. The molecule has 1 N–H and O–H groups in total. The van der Waals surface area contributed by atoms with E-state index < -0.39 is 0 Å². The summed E-state index contributed by atoms with van der Waals surface area (Å²) < 4.78 is 4.98. The van der Waals surface area contributed by atoms with Crippen molar-refractivity contribution in [3.8, 4) is 0 Å². The van der Waals surface area contributed by atoms with E-state index in [-0.39, 0.29) is 5.91 Å². The van der Waals surface area contributed by atoms with Crippen molar-refractivity contribution < 1.29 is 9.21 Å². The summed E-state index contributed by atoms with van der Waals surface area (Å²) in [7, 11) is 0. The molecule has 1 unspecified atom stereocenters. The highest BCUT2D eigenvalue weighted by atomic mass is 16.3. The first-order chi connectivity index (χ1) is 10.1. The van der Waals surface area contributed by atoms with E-state index in [2.05, 4.69) is 43.4 Å². The number of hydrogen-bond donors (Lipinski definition) is 1. The second-order valence-corrected chi connectivity index (χ2v) is 5.81. The third-order valence-corrected chi connectivity index (χ3v) is 3.79. The minimum atomic E-state index is 0.0510. The van der Waals surface area contributed by atoms with Crippen LogP contribution in [0, 0.1) is 11.8 Å². The van der Waals surface area contributed by atoms with E-state index in [4.69, 9.17) is 4.42 Å². The van der Waals surface area contributed by atoms with Gasteiger partial charge < -0.3 is 9.73 Å². The van der Waals surface area contributed by atoms with Gasteiger partial charge in [-0.1, -0.05) is 44.2 Å². The van der Waals surface area contributed by atoms with Crippen LogP contribution in [0.3, 0.4) is 0 Å². The van der Waals surface area contributed by atoms with E-state index in [1.807, 2.05) is 12.1 Å². The van der Waals surface area contributed by atoms with Gasteiger partial charge in [-0.25, -0.2) is 0 Å². The zero-order valence-electron chi connectivity index (χ0n) is 12.7. The zero-order valence-corrected chi connectivity index (χ0v) is 12.7. The van der Waals surface area contributed by atoms with E-state index in [0.29, 0.717) is 24.8 Å². The second-order valence-electron chi connectivity index (χ2n) is 5.81. The molecule has 3 heteroatoms. The standard InChI is InChI=1S/C18H23NO2/c1-14(2)17(10-15-6-4-3-5-7-15)12-19-18(20)11-16-8-9-21-13-16/h3-9,13-14,17H,10-12H2,1-2H3,(H,19,20). The topological polar surface area (TPSA) is 42.2 Å². The first kappa shape index (κ1) is 15.4. The van der Waals surface area contributed by atoms with Gasteiger partial charge in [-0.3, -0.25) is 4.79 Å². The summed E-state index contributed by atoms with van der Waals surface area (Å²) in [5.41, 5.74) is 2.23. The van der Waals surface area contributed by atoms with Crippen molar-refractivity contribution >= 4 is 5.91 Å². The molecule has 21 heavy (non-hydrogen) atoms. The summed E-state index contributed by atoms with van der Waals surface area (Å²) in [5.74, 6) is 1.02. The highest BCUT2D eigenvalue weighted by Crippen LogP contribution is 2.16. The van der Waals surface area contributed by atoms with Crippen LogP contribution in [-0.2, 0) is 17.6 Å². The lowest BCUT2D eigenvalue weighted by molar-refractivity contribution is -0.120. The normalized spacial score (nSPS) is 12.3. The van der Waals surface area contributed by atoms with E-state index in [1.54, 1.807) is 12.5 Å². The quantitative estimate of drug-likeness (QED) is 0.846. The van der Waals surface area contributed by atoms with Crippen molar-refractivity contribution in [3.05, 3.63) is 60.1 Å². The molecule has 0 spiro atoms. The predicted octanol–water partition coefficient (Wildman–Crippen LogP) is 3.45. The molecule has 112 valence electrons. The lowest BCUT2D eigenvalue weighted by Gasteiger charge is -2.21. The fourth-order valence-corrected chi connectivity index (χ4v) is 2.35. The summed E-state index contributed by atoms with van der Waals surface area (Å²) in [6, 6.07) is 12.3. The number of furan rings is 1. The van der Waals surface area contributed by atoms with E-state index in [9.17, 15) is 4.79 Å². The van der Waals surface area contributed by atoms with Crippen LogP contribution in [0.5, 0.6) is 0 Å². The van der Waals surface area contributed by atoms with Gasteiger partial charge in [0, 0.05) is 6.54 Å². The van der Waals surface area contributed by atoms with Gasteiger partial charge in [-0.2, -0.15) is 0 Å². The molecular weight excluding hydrogens is 262 g/mol. The molecule has 2 rings (SSSR count). The highest BCUT2D eigenvalue weighted by Gasteiger charge is 2.15. The molecule has 2 aromatic rings. The Morgan fingerprint density at radius 3 is 2.52 bits per heavy atom. The Balaban J connectivity index is 1.84. The van der Waals surface area contributed by atoms with E-state index >= 15 is 0 Å². The van der Waals surface area contributed by atoms with Crippen LogP contribution in [-0.4, -0.2) is 12.5 Å². The molecule has 1 amide bonds. The summed E-state index contributed by atoms with van der Waals surface area (Å²) in [4.78, 5) is 11.9. The Labute approximate surface area is 126 Å². The molecule has 0 aliphatic heterocycles. The molecule has 1 heterocycles. The van der Waals surface area contributed by atoms with Crippen molar-refractivity contribution in [3.63, 3.8) is 0 Å². The number of carbonyl (C=O) groups excluding carboxylic acids is 1. The lowest BCUT2D eigenvalue weighted by atomic mass is 9.89. The molecule has 0 aliphatic carbocycles. The van der Waals surface area contributed by atoms with Crippen molar-refractivity contribution in [2.24, 2.45) is 11.8 Å². The molecule has 3 nitrogen and oxygen atoms in total. The third kappa shape index (κ3) is 5.10. The highest BCUT2D eigenvalue weighted by molar-refractivity contribution is 5.78. The molecule has 0 saturated heterocycles. The fraction of sp³-hybridized carbons (Fsp3) is 0.389. The maximum atomic E-state index is 11.9. The third-order valence-electron chi connectivity index (χ3n) is 3.79. The van der Waals surface area contributed by atoms with Gasteiger partial charge >= 0.3 is 0 Å². The van der Waals surface area contributed by atoms with Gasteiger partial charge in [0.05, 0.1) is 18.9 Å². The minimum Gasteiger partial charge on any atom is -0.472 e. The van der Waals surface area contributed by atoms with Crippen LogP contribution < -0.4 is 5.32 Å². The molecule has 0 radical (unpaired) electrons. The first-order valence-corrected chi connectivity index (χ1v) is 7.47. The van der Waals surface area contributed by atoms with Gasteiger partial charge in [0.25, 0.3) is 0 Å². The van der Waals surface area contributed by atoms with Gasteiger partial charge in [0.1, 0.15) is 0 Å². The number of hydrogen-bond acceptors (Lipinski definition) is 2. The van der Waals surface area contributed by atoms with E-state index in [1.165, 1.54) is 5.56 Å². The second kappa shape index (κ2) is 7.67. The number of nitrogens with one attached hydrogen (secondary N) is 1. The SMILES string of the molecule is CC(C)C(CNC(=O)Cc1ccoc1)Cc1ccccc1. The Morgan fingerprint density at radius 2 is 1.90 bits per heavy atom. The number of benzene rings is 1. The van der Waals surface area contributed by atoms with Gasteiger partial charge in [0.15, 0.2) is 0 Å². The average Bonchev–Trinajstić information content (AvgIpc) is 2.97. The maximum absolute atomic E-state index is 11.9.